The molecule has 2 aromatic rings. The van der Waals surface area contributed by atoms with Gasteiger partial charge >= 0.3 is 6.09 Å². The van der Waals surface area contributed by atoms with Gasteiger partial charge in [-0.2, -0.15) is 0 Å². The van der Waals surface area contributed by atoms with E-state index in [0.29, 0.717) is 26.1 Å². The number of alkyl carbamates (subject to hydrolysis) is 1. The number of hydrogen-bond acceptors (Lipinski definition) is 6. The zero-order chi connectivity index (χ0) is 23.2. The number of carbonyl (C=O) groups is 2. The van der Waals surface area contributed by atoms with E-state index in [1.165, 1.54) is 0 Å². The molecule has 0 aromatic heterocycles. The number of benzene rings is 2. The quantitative estimate of drug-likeness (QED) is 0.434. The van der Waals surface area contributed by atoms with Crippen molar-refractivity contribution in [3.8, 4) is 0 Å². The van der Waals surface area contributed by atoms with Crippen LogP contribution in [0, 0.1) is 0 Å². The molecule has 0 saturated heterocycles. The first kappa shape index (κ1) is 25.5. The number of hydrogen-bond donors (Lipinski definition) is 2. The fraction of sp³-hybridized carbons (Fsp3) is 0.440. The van der Waals surface area contributed by atoms with Crippen LogP contribution in [0.4, 0.5) is 4.79 Å². The summed E-state index contributed by atoms with van der Waals surface area (Å²) in [6.45, 7) is 4.80. The standard InChI is InChI=1S/C25H34N2O5/c1-3-30-24(31-4-2)21(26)15-16-23(28)22(17-19-11-7-5-8-12-19)27-25(29)32-18-20-13-9-6-10-14-20/h5-14,21-22,24H,3-4,15-18,26H2,1-2H3,(H,27,29)/t21?,22-/m0/s1. The molecule has 3 N–H and O–H groups in total. The van der Waals surface area contributed by atoms with E-state index >= 15 is 0 Å². The Balaban J connectivity index is 1.97. The molecule has 0 bridgehead atoms. The average molecular weight is 443 g/mol. The first-order valence-corrected chi connectivity index (χ1v) is 11.1. The third kappa shape index (κ3) is 9.18. The Bertz CT molecular complexity index is 794. The summed E-state index contributed by atoms with van der Waals surface area (Å²) in [4.78, 5) is 25.4. The lowest BCUT2D eigenvalue weighted by molar-refractivity contribution is -0.150. The summed E-state index contributed by atoms with van der Waals surface area (Å²) in [5, 5.41) is 2.72. The van der Waals surface area contributed by atoms with Crippen LogP contribution in [0.15, 0.2) is 60.7 Å². The maximum absolute atomic E-state index is 13.0. The predicted molar refractivity (Wildman–Crippen MR) is 123 cm³/mol. The van der Waals surface area contributed by atoms with Crippen LogP contribution < -0.4 is 11.1 Å². The van der Waals surface area contributed by atoms with Crippen molar-refractivity contribution in [2.24, 2.45) is 5.73 Å². The molecule has 2 atom stereocenters. The molecule has 0 fully saturated rings. The molecule has 0 aliphatic heterocycles. The summed E-state index contributed by atoms with van der Waals surface area (Å²) in [5.74, 6) is -0.118. The van der Waals surface area contributed by atoms with Crippen molar-refractivity contribution in [2.75, 3.05) is 13.2 Å². The van der Waals surface area contributed by atoms with Crippen molar-refractivity contribution in [3.05, 3.63) is 71.8 Å². The Kier molecular flexibility index (Phi) is 11.4. The van der Waals surface area contributed by atoms with Gasteiger partial charge in [0.25, 0.3) is 0 Å². The minimum absolute atomic E-state index is 0.118. The molecule has 2 rings (SSSR count). The molecule has 1 amide bonds. The first-order chi connectivity index (χ1) is 15.5. The van der Waals surface area contributed by atoms with E-state index in [1.807, 2.05) is 74.5 Å². The van der Waals surface area contributed by atoms with Gasteiger partial charge in [0.05, 0.1) is 12.1 Å². The summed E-state index contributed by atoms with van der Waals surface area (Å²) in [7, 11) is 0. The molecule has 7 heteroatoms. The number of carbonyl (C=O) groups excluding carboxylic acids is 2. The van der Waals surface area contributed by atoms with Crippen LogP contribution in [0.25, 0.3) is 0 Å². The van der Waals surface area contributed by atoms with Crippen molar-refractivity contribution < 1.29 is 23.8 Å². The number of nitrogens with two attached hydrogens (primary N) is 1. The van der Waals surface area contributed by atoms with Crippen LogP contribution in [0.3, 0.4) is 0 Å². The number of Topliss-reactive ketones (excluding diaryl/α,β-unsaturated/α-hetero) is 1. The van der Waals surface area contributed by atoms with Gasteiger partial charge in [0.15, 0.2) is 12.1 Å². The zero-order valence-corrected chi connectivity index (χ0v) is 18.9. The van der Waals surface area contributed by atoms with Crippen LogP contribution in [-0.4, -0.2) is 43.5 Å². The fourth-order valence-electron chi connectivity index (χ4n) is 3.25. The summed E-state index contributed by atoms with van der Waals surface area (Å²) >= 11 is 0. The summed E-state index contributed by atoms with van der Waals surface area (Å²) < 4.78 is 16.4. The highest BCUT2D eigenvalue weighted by Crippen LogP contribution is 2.11. The van der Waals surface area contributed by atoms with Crippen LogP contribution in [0.2, 0.25) is 0 Å². The highest BCUT2D eigenvalue weighted by Gasteiger charge is 2.25. The Morgan fingerprint density at radius 3 is 2.03 bits per heavy atom. The number of ether oxygens (including phenoxy) is 3. The minimum atomic E-state index is -0.717. The van der Waals surface area contributed by atoms with Gasteiger partial charge in [-0.05, 0) is 37.8 Å². The van der Waals surface area contributed by atoms with Gasteiger partial charge in [-0.25, -0.2) is 4.79 Å². The molecule has 7 nitrogen and oxygen atoms in total. The van der Waals surface area contributed by atoms with Gasteiger partial charge in [-0.15, -0.1) is 0 Å². The van der Waals surface area contributed by atoms with Gasteiger partial charge in [0.1, 0.15) is 6.61 Å². The van der Waals surface area contributed by atoms with Gasteiger partial charge in [0, 0.05) is 19.6 Å². The lowest BCUT2D eigenvalue weighted by Crippen LogP contribution is -2.44. The van der Waals surface area contributed by atoms with Crippen LogP contribution in [0.1, 0.15) is 37.8 Å². The Labute approximate surface area is 190 Å². The zero-order valence-electron chi connectivity index (χ0n) is 18.9. The van der Waals surface area contributed by atoms with Crippen LogP contribution in [-0.2, 0) is 32.0 Å². The number of ketones is 1. The van der Waals surface area contributed by atoms with Gasteiger partial charge in [-0.3, -0.25) is 4.79 Å². The molecular weight excluding hydrogens is 408 g/mol. The molecule has 0 aliphatic rings. The molecule has 0 radical (unpaired) electrons. The second-order valence-electron chi connectivity index (χ2n) is 7.40. The molecule has 1 unspecified atom stereocenters. The monoisotopic (exact) mass is 442 g/mol. The molecule has 0 spiro atoms. The third-order valence-electron chi connectivity index (χ3n) is 4.91. The van der Waals surface area contributed by atoms with Crippen molar-refractivity contribution in [1.29, 1.82) is 0 Å². The predicted octanol–water partition coefficient (Wildman–Crippen LogP) is 3.60. The van der Waals surface area contributed by atoms with Crippen LogP contribution >= 0.6 is 0 Å². The van der Waals surface area contributed by atoms with E-state index in [1.54, 1.807) is 0 Å². The van der Waals surface area contributed by atoms with Gasteiger partial charge in [-0.1, -0.05) is 60.7 Å². The van der Waals surface area contributed by atoms with E-state index in [0.717, 1.165) is 11.1 Å². The van der Waals surface area contributed by atoms with E-state index < -0.39 is 24.5 Å². The van der Waals surface area contributed by atoms with E-state index in [4.69, 9.17) is 19.9 Å². The smallest absolute Gasteiger partial charge is 0.408 e. The normalized spacial score (nSPS) is 12.9. The second-order valence-corrected chi connectivity index (χ2v) is 7.40. The summed E-state index contributed by atoms with van der Waals surface area (Å²) in [6.07, 6.45) is -0.248. The molecular formula is C25H34N2O5. The lowest BCUT2D eigenvalue weighted by Gasteiger charge is -2.24. The Morgan fingerprint density at radius 2 is 1.47 bits per heavy atom. The largest absolute Gasteiger partial charge is 0.445 e. The van der Waals surface area contributed by atoms with Gasteiger partial charge in [0.2, 0.25) is 0 Å². The topological polar surface area (TPSA) is 99.9 Å². The van der Waals surface area contributed by atoms with E-state index in [-0.39, 0.29) is 18.8 Å². The number of nitrogens with one attached hydrogen (secondary N) is 1. The third-order valence-corrected chi connectivity index (χ3v) is 4.91. The molecule has 0 aliphatic carbocycles. The number of rotatable bonds is 14. The van der Waals surface area contributed by atoms with Crippen LogP contribution in [0.5, 0.6) is 0 Å². The lowest BCUT2D eigenvalue weighted by atomic mass is 9.98. The van der Waals surface area contributed by atoms with Gasteiger partial charge < -0.3 is 25.3 Å². The fourth-order valence-corrected chi connectivity index (χ4v) is 3.25. The SMILES string of the molecule is CCOC(OCC)C(N)CCC(=O)[C@H](Cc1ccccc1)NC(=O)OCc1ccccc1. The minimum Gasteiger partial charge on any atom is -0.445 e. The van der Waals surface area contributed by atoms with Crippen molar-refractivity contribution in [2.45, 2.75) is 58.1 Å². The maximum atomic E-state index is 13.0. The van der Waals surface area contributed by atoms with Crippen molar-refractivity contribution in [1.82, 2.24) is 5.32 Å². The Hall–Kier alpha value is -2.74. The highest BCUT2D eigenvalue weighted by atomic mass is 16.7. The van der Waals surface area contributed by atoms with Crippen molar-refractivity contribution >= 4 is 11.9 Å². The molecule has 2 aromatic carbocycles. The molecule has 32 heavy (non-hydrogen) atoms. The van der Waals surface area contributed by atoms with E-state index in [2.05, 4.69) is 5.32 Å². The molecule has 174 valence electrons. The summed E-state index contributed by atoms with van der Waals surface area (Å²) in [5.41, 5.74) is 8.01. The summed E-state index contributed by atoms with van der Waals surface area (Å²) in [6, 6.07) is 17.8. The first-order valence-electron chi connectivity index (χ1n) is 11.1. The molecule has 0 heterocycles. The second kappa shape index (κ2) is 14.3. The molecule has 0 saturated carbocycles. The Morgan fingerprint density at radius 1 is 0.906 bits per heavy atom. The average Bonchev–Trinajstić information content (AvgIpc) is 2.81. The number of amides is 1. The highest BCUT2D eigenvalue weighted by molar-refractivity contribution is 5.87. The van der Waals surface area contributed by atoms with E-state index in [9.17, 15) is 9.59 Å². The van der Waals surface area contributed by atoms with Crippen molar-refractivity contribution in [3.63, 3.8) is 0 Å². The maximum Gasteiger partial charge on any atom is 0.408 e.